The molecular weight excluding hydrogens is 268 g/mol. The van der Waals surface area contributed by atoms with E-state index in [2.05, 4.69) is 0 Å². The average molecular weight is 287 g/mol. The number of carbonyl (C=O) groups excluding carboxylic acids is 2. The first-order valence-corrected chi connectivity index (χ1v) is 6.54. The molecular formula is C15H18MgO4. The first kappa shape index (κ1) is 18.9. The zero-order valence-corrected chi connectivity index (χ0v) is 13.2. The second-order valence-electron chi connectivity index (χ2n) is 4.66. The maximum Gasteiger partial charge on any atom is 2.00 e. The van der Waals surface area contributed by atoms with E-state index >= 15 is 0 Å². The van der Waals surface area contributed by atoms with E-state index in [1.54, 1.807) is 18.2 Å². The fourth-order valence-electron chi connectivity index (χ4n) is 2.21. The van der Waals surface area contributed by atoms with E-state index in [9.17, 15) is 19.8 Å². The van der Waals surface area contributed by atoms with Crippen molar-refractivity contribution in [2.24, 2.45) is 0 Å². The van der Waals surface area contributed by atoms with Gasteiger partial charge in [-0.05, 0) is 12.0 Å². The van der Waals surface area contributed by atoms with Gasteiger partial charge in [0.25, 0.3) is 0 Å². The smallest absolute Gasteiger partial charge is 0.549 e. The Morgan fingerprint density at radius 1 is 1.00 bits per heavy atom. The molecule has 1 aromatic rings. The van der Waals surface area contributed by atoms with Crippen molar-refractivity contribution in [3.63, 3.8) is 0 Å². The van der Waals surface area contributed by atoms with E-state index in [0.717, 1.165) is 19.3 Å². The molecule has 0 aromatic heterocycles. The first-order valence-electron chi connectivity index (χ1n) is 6.54. The molecule has 1 aromatic carbocycles. The van der Waals surface area contributed by atoms with Gasteiger partial charge in [0.15, 0.2) is 0 Å². The molecule has 0 N–H and O–H groups in total. The Morgan fingerprint density at radius 3 is 2.00 bits per heavy atom. The number of carbonyl (C=O) groups is 2. The molecule has 0 aliphatic rings. The van der Waals surface area contributed by atoms with Crippen molar-refractivity contribution in [3.05, 3.63) is 35.9 Å². The number of benzene rings is 1. The second-order valence-corrected chi connectivity index (χ2v) is 4.66. The van der Waals surface area contributed by atoms with Crippen LogP contribution < -0.4 is 10.2 Å². The molecule has 0 saturated heterocycles. The van der Waals surface area contributed by atoms with Crippen LogP contribution in [0.1, 0.15) is 44.6 Å². The summed E-state index contributed by atoms with van der Waals surface area (Å²) in [4.78, 5) is 22.8. The molecule has 0 atom stereocenters. The summed E-state index contributed by atoms with van der Waals surface area (Å²) >= 11 is 0. The van der Waals surface area contributed by atoms with Gasteiger partial charge in [-0.2, -0.15) is 0 Å². The standard InChI is InChI=1S/C15H20O4.Mg/c1-2-3-4-8-11-15(13(16)17,14(18)19)12-9-6-5-7-10-12;/h5-7,9-10H,2-4,8,11H2,1H3,(H,16,17)(H,18,19);/q;+2/p-2. The van der Waals surface area contributed by atoms with E-state index in [1.165, 1.54) is 12.1 Å². The summed E-state index contributed by atoms with van der Waals surface area (Å²) in [5.41, 5.74) is -1.83. The molecule has 0 spiro atoms. The van der Waals surface area contributed by atoms with Crippen molar-refractivity contribution in [1.82, 2.24) is 0 Å². The van der Waals surface area contributed by atoms with Crippen LogP contribution in [0.5, 0.6) is 0 Å². The SMILES string of the molecule is CCCCCCC(C(=O)[O-])(C(=O)[O-])c1ccccc1.[Mg+2]. The largest absolute Gasteiger partial charge is 2.00 e. The van der Waals surface area contributed by atoms with Crippen LogP contribution in [0.4, 0.5) is 0 Å². The molecule has 0 aliphatic heterocycles. The molecule has 1 rings (SSSR count). The van der Waals surface area contributed by atoms with Gasteiger partial charge in [-0.15, -0.1) is 0 Å². The monoisotopic (exact) mass is 286 g/mol. The fraction of sp³-hybridized carbons (Fsp3) is 0.467. The third-order valence-electron chi connectivity index (χ3n) is 3.37. The van der Waals surface area contributed by atoms with E-state index in [4.69, 9.17) is 0 Å². The zero-order chi connectivity index (χ0) is 14.3. The van der Waals surface area contributed by atoms with Crippen molar-refractivity contribution in [2.45, 2.75) is 44.4 Å². The number of unbranched alkanes of at least 4 members (excludes halogenated alkanes) is 3. The zero-order valence-electron chi connectivity index (χ0n) is 11.8. The molecule has 0 fully saturated rings. The minimum absolute atomic E-state index is 0. The molecule has 20 heavy (non-hydrogen) atoms. The van der Waals surface area contributed by atoms with Gasteiger partial charge in [0.05, 0.1) is 17.4 Å². The number of carboxylic acids is 2. The molecule has 4 nitrogen and oxygen atoms in total. The Kier molecular flexibility index (Phi) is 8.49. The van der Waals surface area contributed by atoms with Crippen LogP contribution in [0, 0.1) is 0 Å². The van der Waals surface area contributed by atoms with Gasteiger partial charge < -0.3 is 19.8 Å². The Bertz CT molecular complexity index is 417. The summed E-state index contributed by atoms with van der Waals surface area (Å²) in [6, 6.07) is 7.91. The molecule has 0 heterocycles. The normalized spacial score (nSPS) is 10.7. The number of aliphatic carboxylic acids is 2. The quantitative estimate of drug-likeness (QED) is 0.383. The van der Waals surface area contributed by atoms with Gasteiger partial charge in [-0.1, -0.05) is 62.9 Å². The Morgan fingerprint density at radius 2 is 1.55 bits per heavy atom. The first-order chi connectivity index (χ1) is 9.05. The van der Waals surface area contributed by atoms with Crippen LogP contribution in [0.3, 0.4) is 0 Å². The van der Waals surface area contributed by atoms with Crippen molar-refractivity contribution in [3.8, 4) is 0 Å². The maximum atomic E-state index is 11.4. The van der Waals surface area contributed by atoms with Gasteiger partial charge in [-0.25, -0.2) is 0 Å². The van der Waals surface area contributed by atoms with Crippen LogP contribution in [0.2, 0.25) is 0 Å². The average Bonchev–Trinajstić information content (AvgIpc) is 2.39. The minimum Gasteiger partial charge on any atom is -0.549 e. The summed E-state index contributed by atoms with van der Waals surface area (Å²) < 4.78 is 0. The number of hydrogen-bond donors (Lipinski definition) is 0. The summed E-state index contributed by atoms with van der Waals surface area (Å²) in [5, 5.41) is 22.8. The van der Waals surface area contributed by atoms with Crippen LogP contribution in [-0.4, -0.2) is 35.0 Å². The maximum absolute atomic E-state index is 11.4. The summed E-state index contributed by atoms with van der Waals surface area (Å²) in [6.45, 7) is 2.03. The van der Waals surface area contributed by atoms with E-state index in [-0.39, 0.29) is 35.0 Å². The van der Waals surface area contributed by atoms with E-state index < -0.39 is 17.4 Å². The van der Waals surface area contributed by atoms with Crippen molar-refractivity contribution in [1.29, 1.82) is 0 Å². The van der Waals surface area contributed by atoms with Crippen LogP contribution >= 0.6 is 0 Å². The molecule has 0 aliphatic carbocycles. The number of hydrogen-bond acceptors (Lipinski definition) is 4. The van der Waals surface area contributed by atoms with Gasteiger partial charge in [0.2, 0.25) is 0 Å². The van der Waals surface area contributed by atoms with Crippen LogP contribution in [0.15, 0.2) is 30.3 Å². The summed E-state index contributed by atoms with van der Waals surface area (Å²) in [7, 11) is 0. The molecule has 0 amide bonds. The number of carboxylic acid groups (broad SMARTS) is 2. The van der Waals surface area contributed by atoms with Crippen molar-refractivity contribution < 1.29 is 19.8 Å². The predicted octanol–water partition coefficient (Wildman–Crippen LogP) is 0.0138. The van der Waals surface area contributed by atoms with Crippen molar-refractivity contribution >= 4 is 35.0 Å². The Balaban J connectivity index is 0.00000361. The molecule has 0 bridgehead atoms. The van der Waals surface area contributed by atoms with Crippen LogP contribution in [0.25, 0.3) is 0 Å². The molecule has 5 heteroatoms. The topological polar surface area (TPSA) is 80.3 Å². The molecule has 104 valence electrons. The molecule has 0 saturated carbocycles. The Labute approximate surface area is 135 Å². The van der Waals surface area contributed by atoms with Gasteiger partial charge in [0.1, 0.15) is 0 Å². The minimum atomic E-state index is -2.05. The molecule has 0 radical (unpaired) electrons. The Hall–Kier alpha value is -1.07. The summed E-state index contributed by atoms with van der Waals surface area (Å²) in [6.07, 6.45) is 3.26. The second kappa shape index (κ2) is 8.97. The van der Waals surface area contributed by atoms with Crippen LogP contribution in [-0.2, 0) is 15.0 Å². The third kappa shape index (κ3) is 4.21. The predicted molar refractivity (Wildman–Crippen MR) is 72.6 cm³/mol. The summed E-state index contributed by atoms with van der Waals surface area (Å²) in [5.74, 6) is -3.20. The number of rotatable bonds is 8. The fourth-order valence-corrected chi connectivity index (χ4v) is 2.21. The van der Waals surface area contributed by atoms with Gasteiger partial charge >= 0.3 is 23.1 Å². The van der Waals surface area contributed by atoms with Crippen molar-refractivity contribution in [2.75, 3.05) is 0 Å². The van der Waals surface area contributed by atoms with Gasteiger partial charge in [0, 0.05) is 0 Å². The van der Waals surface area contributed by atoms with E-state index in [1.807, 2.05) is 6.92 Å². The van der Waals surface area contributed by atoms with E-state index in [0.29, 0.717) is 6.42 Å². The van der Waals surface area contributed by atoms with Gasteiger partial charge in [-0.3, -0.25) is 0 Å². The third-order valence-corrected chi connectivity index (χ3v) is 3.37. The molecule has 0 unspecified atom stereocenters.